The van der Waals surface area contributed by atoms with Gasteiger partial charge in [-0.3, -0.25) is 9.55 Å². The molecule has 0 amide bonds. The fourth-order valence-electron chi connectivity index (χ4n) is 3.34. The molecule has 0 N–H and O–H groups in total. The molecule has 7 nitrogen and oxygen atoms in total. The molecule has 0 radical (unpaired) electrons. The van der Waals surface area contributed by atoms with Crippen molar-refractivity contribution in [3.05, 3.63) is 71.8 Å². The molecule has 0 spiro atoms. The van der Waals surface area contributed by atoms with Crippen LogP contribution >= 0.6 is 0 Å². The topological polar surface area (TPSA) is 75.0 Å². The second kappa shape index (κ2) is 8.42. The van der Waals surface area contributed by atoms with Crippen molar-refractivity contribution >= 4 is 0 Å². The van der Waals surface area contributed by atoms with Crippen molar-refractivity contribution in [1.29, 1.82) is 0 Å². The van der Waals surface area contributed by atoms with Gasteiger partial charge in [-0.05, 0) is 43.2 Å². The van der Waals surface area contributed by atoms with Gasteiger partial charge in [-0.15, -0.1) is 10.2 Å². The summed E-state index contributed by atoms with van der Waals surface area (Å²) in [7, 11) is 3.22. The molecular formula is C23H23N5O2. The van der Waals surface area contributed by atoms with Gasteiger partial charge in [0.25, 0.3) is 0 Å². The third kappa shape index (κ3) is 3.67. The molecule has 4 aromatic rings. The van der Waals surface area contributed by atoms with Crippen LogP contribution < -0.4 is 4.74 Å². The molecule has 0 unspecified atom stereocenters. The summed E-state index contributed by atoms with van der Waals surface area (Å²) in [4.78, 5) is 9.00. The number of aromatic nitrogens is 5. The highest BCUT2D eigenvalue weighted by molar-refractivity contribution is 5.67. The predicted molar refractivity (Wildman–Crippen MR) is 115 cm³/mol. The first-order chi connectivity index (χ1) is 14.6. The zero-order valence-corrected chi connectivity index (χ0v) is 17.5. The van der Waals surface area contributed by atoms with E-state index in [1.165, 1.54) is 11.1 Å². The number of rotatable bonds is 6. The summed E-state index contributed by atoms with van der Waals surface area (Å²) in [6.07, 6.45) is 3.55. The number of aryl methyl sites for hydroxylation is 1. The fourth-order valence-corrected chi connectivity index (χ4v) is 3.34. The summed E-state index contributed by atoms with van der Waals surface area (Å²) >= 11 is 0. The van der Waals surface area contributed by atoms with E-state index in [9.17, 15) is 0 Å². The Kier molecular flexibility index (Phi) is 5.54. The largest absolute Gasteiger partial charge is 0.481 e. The molecule has 3 heterocycles. The highest BCUT2D eigenvalue weighted by Gasteiger charge is 2.17. The smallest absolute Gasteiger partial charge is 0.213 e. The summed E-state index contributed by atoms with van der Waals surface area (Å²) in [6, 6.07) is 14.0. The predicted octanol–water partition coefficient (Wildman–Crippen LogP) is 4.16. The maximum Gasteiger partial charge on any atom is 0.213 e. The van der Waals surface area contributed by atoms with E-state index in [4.69, 9.17) is 14.5 Å². The van der Waals surface area contributed by atoms with Gasteiger partial charge in [-0.2, -0.15) is 0 Å². The Labute approximate surface area is 175 Å². The van der Waals surface area contributed by atoms with Gasteiger partial charge >= 0.3 is 0 Å². The SMILES string of the molecule is COCc1nnc(-c2ccc(-c3cccc(C)c3C)nc2)n1-c1ccc(OC)nc1. The molecule has 0 aliphatic rings. The third-order valence-corrected chi connectivity index (χ3v) is 5.09. The van der Waals surface area contributed by atoms with Crippen molar-refractivity contribution in [1.82, 2.24) is 24.7 Å². The molecule has 0 fully saturated rings. The van der Waals surface area contributed by atoms with Gasteiger partial charge in [0.05, 0.1) is 24.7 Å². The van der Waals surface area contributed by atoms with Crippen LogP contribution in [0.15, 0.2) is 54.9 Å². The molecule has 0 saturated heterocycles. The lowest BCUT2D eigenvalue weighted by Gasteiger charge is -2.11. The van der Waals surface area contributed by atoms with Crippen molar-refractivity contribution in [3.63, 3.8) is 0 Å². The Hall–Kier alpha value is -3.58. The highest BCUT2D eigenvalue weighted by atomic mass is 16.5. The van der Waals surface area contributed by atoms with Gasteiger partial charge in [0.15, 0.2) is 11.6 Å². The van der Waals surface area contributed by atoms with E-state index >= 15 is 0 Å². The Morgan fingerprint density at radius 2 is 1.77 bits per heavy atom. The molecular weight excluding hydrogens is 378 g/mol. The van der Waals surface area contributed by atoms with Crippen LogP contribution in [0.5, 0.6) is 5.88 Å². The standard InChI is InChI=1S/C23H23N5O2/c1-15-6-5-7-19(16(15)2)20-10-8-17(12-24-20)23-27-26-21(14-29-3)28(23)18-9-11-22(30-4)25-13-18/h5-13H,14H2,1-4H3. The number of methoxy groups -OCH3 is 2. The molecule has 0 atom stereocenters. The first-order valence-corrected chi connectivity index (χ1v) is 9.59. The van der Waals surface area contributed by atoms with Crippen LogP contribution in [0.2, 0.25) is 0 Å². The van der Waals surface area contributed by atoms with Crippen LogP contribution in [0.3, 0.4) is 0 Å². The quantitative estimate of drug-likeness (QED) is 0.483. The van der Waals surface area contributed by atoms with E-state index in [-0.39, 0.29) is 0 Å². The summed E-state index contributed by atoms with van der Waals surface area (Å²) in [6.45, 7) is 4.55. The van der Waals surface area contributed by atoms with Crippen molar-refractivity contribution in [2.45, 2.75) is 20.5 Å². The van der Waals surface area contributed by atoms with Crippen molar-refractivity contribution < 1.29 is 9.47 Å². The van der Waals surface area contributed by atoms with Crippen LogP contribution in [0.4, 0.5) is 0 Å². The normalized spacial score (nSPS) is 10.9. The zero-order valence-electron chi connectivity index (χ0n) is 17.5. The molecule has 1 aromatic carbocycles. The van der Waals surface area contributed by atoms with E-state index in [0.717, 1.165) is 22.5 Å². The number of pyridine rings is 2. The van der Waals surface area contributed by atoms with Crippen LogP contribution in [-0.2, 0) is 11.3 Å². The molecule has 0 saturated carbocycles. The minimum atomic E-state index is 0.326. The van der Waals surface area contributed by atoms with Crippen molar-refractivity contribution in [2.75, 3.05) is 14.2 Å². The lowest BCUT2D eigenvalue weighted by atomic mass is 10.0. The van der Waals surface area contributed by atoms with Crippen LogP contribution in [0.1, 0.15) is 17.0 Å². The lowest BCUT2D eigenvalue weighted by molar-refractivity contribution is 0.176. The van der Waals surface area contributed by atoms with Gasteiger partial charge < -0.3 is 9.47 Å². The number of ether oxygens (including phenoxy) is 2. The molecule has 30 heavy (non-hydrogen) atoms. The van der Waals surface area contributed by atoms with Crippen molar-refractivity contribution in [3.8, 4) is 34.2 Å². The fraction of sp³-hybridized carbons (Fsp3) is 0.217. The van der Waals surface area contributed by atoms with Crippen LogP contribution in [0.25, 0.3) is 28.3 Å². The van der Waals surface area contributed by atoms with Crippen LogP contribution in [-0.4, -0.2) is 39.0 Å². The molecule has 0 aliphatic carbocycles. The average molecular weight is 401 g/mol. The maximum absolute atomic E-state index is 5.30. The monoisotopic (exact) mass is 401 g/mol. The first kappa shape index (κ1) is 19.7. The number of hydrogen-bond acceptors (Lipinski definition) is 6. The summed E-state index contributed by atoms with van der Waals surface area (Å²) in [5, 5.41) is 8.70. The van der Waals surface area contributed by atoms with E-state index in [1.807, 2.05) is 29.0 Å². The summed E-state index contributed by atoms with van der Waals surface area (Å²) < 4.78 is 12.4. The first-order valence-electron chi connectivity index (χ1n) is 9.59. The van der Waals surface area contributed by atoms with E-state index in [2.05, 4.69) is 47.2 Å². The van der Waals surface area contributed by atoms with Gasteiger partial charge in [-0.1, -0.05) is 18.2 Å². The van der Waals surface area contributed by atoms with E-state index in [1.54, 1.807) is 26.5 Å². The molecule has 0 bridgehead atoms. The Morgan fingerprint density at radius 3 is 2.43 bits per heavy atom. The van der Waals surface area contributed by atoms with Gasteiger partial charge in [0.2, 0.25) is 5.88 Å². The van der Waals surface area contributed by atoms with Gasteiger partial charge in [0, 0.05) is 30.5 Å². The maximum atomic E-state index is 5.30. The minimum Gasteiger partial charge on any atom is -0.481 e. The number of benzene rings is 1. The molecule has 0 aliphatic heterocycles. The lowest BCUT2D eigenvalue weighted by Crippen LogP contribution is -2.05. The Morgan fingerprint density at radius 1 is 0.900 bits per heavy atom. The zero-order chi connectivity index (χ0) is 21.1. The molecule has 3 aromatic heterocycles. The Balaban J connectivity index is 1.76. The second-order valence-corrected chi connectivity index (χ2v) is 6.95. The number of nitrogens with zero attached hydrogens (tertiary/aromatic N) is 5. The highest BCUT2D eigenvalue weighted by Crippen LogP contribution is 2.27. The van der Waals surface area contributed by atoms with E-state index in [0.29, 0.717) is 24.1 Å². The van der Waals surface area contributed by atoms with Gasteiger partial charge in [0.1, 0.15) is 6.61 Å². The minimum absolute atomic E-state index is 0.326. The third-order valence-electron chi connectivity index (χ3n) is 5.09. The second-order valence-electron chi connectivity index (χ2n) is 6.95. The number of hydrogen-bond donors (Lipinski definition) is 0. The average Bonchev–Trinajstić information content (AvgIpc) is 3.20. The molecule has 152 valence electrons. The van der Waals surface area contributed by atoms with Gasteiger partial charge in [-0.25, -0.2) is 4.98 Å². The van der Waals surface area contributed by atoms with E-state index < -0.39 is 0 Å². The molecule has 7 heteroatoms. The Bertz CT molecular complexity index is 1150. The summed E-state index contributed by atoms with van der Waals surface area (Å²) in [5.74, 6) is 1.90. The molecule has 4 rings (SSSR count). The van der Waals surface area contributed by atoms with Crippen molar-refractivity contribution in [2.24, 2.45) is 0 Å². The van der Waals surface area contributed by atoms with Crippen LogP contribution in [0, 0.1) is 13.8 Å². The summed E-state index contributed by atoms with van der Waals surface area (Å²) in [5.41, 5.74) is 6.20.